The molecule has 0 heterocycles. The Bertz CT molecular complexity index is 445. The quantitative estimate of drug-likeness (QED) is 0.0631. The van der Waals surface area contributed by atoms with Gasteiger partial charge in [-0.1, -0.05) is 194 Å². The number of unbranched alkanes of at least 4 members (excludes halogenated alkanes) is 26. The van der Waals surface area contributed by atoms with Gasteiger partial charge in [0.05, 0.1) is 6.61 Å². The fourth-order valence-electron chi connectivity index (χ4n) is 5.50. The van der Waals surface area contributed by atoms with Gasteiger partial charge in [0.15, 0.2) is 0 Å². The topological polar surface area (TPSA) is 26.3 Å². The third-order valence-electron chi connectivity index (χ3n) is 8.17. The predicted molar refractivity (Wildman–Crippen MR) is 170 cm³/mol. The van der Waals surface area contributed by atoms with Gasteiger partial charge in [-0.2, -0.15) is 0 Å². The molecule has 0 radical (unpaired) electrons. The van der Waals surface area contributed by atoms with E-state index in [0.717, 1.165) is 18.8 Å². The van der Waals surface area contributed by atoms with E-state index >= 15 is 0 Å². The first-order chi connectivity index (χ1) is 18.7. The Morgan fingerprint density at radius 2 is 0.763 bits per heavy atom. The molecule has 0 aromatic rings. The largest absolute Gasteiger partial charge is 0.466 e. The zero-order valence-electron chi connectivity index (χ0n) is 26.8. The third-order valence-corrected chi connectivity index (χ3v) is 8.17. The Labute approximate surface area is 241 Å². The second-order valence-electron chi connectivity index (χ2n) is 12.7. The maximum atomic E-state index is 11.9. The minimum absolute atomic E-state index is 0.0270. The second kappa shape index (κ2) is 32.7. The van der Waals surface area contributed by atoms with Crippen molar-refractivity contribution >= 4 is 5.97 Å². The molecule has 38 heavy (non-hydrogen) atoms. The molecule has 0 aromatic heterocycles. The molecule has 0 fully saturated rings. The van der Waals surface area contributed by atoms with E-state index in [1.54, 1.807) is 0 Å². The number of hydrogen-bond acceptors (Lipinski definition) is 2. The standard InChI is InChI=1S/C36H72O2/c1-4-5-6-7-8-9-10-14-18-21-24-27-30-33-36(37)38-34-31-28-25-22-19-16-13-11-12-15-17-20-23-26-29-32-35(2)3/h35H,4-34H2,1-3H3. The fraction of sp³-hybridized carbons (Fsp3) is 0.972. The van der Waals surface area contributed by atoms with Gasteiger partial charge in [-0.3, -0.25) is 4.79 Å². The van der Waals surface area contributed by atoms with Gasteiger partial charge in [0.2, 0.25) is 0 Å². The number of carbonyl (C=O) groups is 1. The van der Waals surface area contributed by atoms with Crippen LogP contribution in [-0.2, 0) is 9.53 Å². The minimum atomic E-state index is 0.0270. The SMILES string of the molecule is CCCCCCCCCCCCCCCC(=O)OCCCCCCCCCCCCCCCCCC(C)C. The van der Waals surface area contributed by atoms with Crippen LogP contribution in [0.3, 0.4) is 0 Å². The van der Waals surface area contributed by atoms with Gasteiger partial charge in [0.25, 0.3) is 0 Å². The summed E-state index contributed by atoms with van der Waals surface area (Å²) in [5.74, 6) is 0.905. The average Bonchev–Trinajstić information content (AvgIpc) is 2.90. The van der Waals surface area contributed by atoms with Gasteiger partial charge >= 0.3 is 5.97 Å². The molecule has 0 rings (SSSR count). The number of rotatable bonds is 32. The molecule has 228 valence electrons. The maximum absolute atomic E-state index is 11.9. The molecular formula is C36H72O2. The van der Waals surface area contributed by atoms with Crippen LogP contribution in [0.5, 0.6) is 0 Å². The first kappa shape index (κ1) is 37.5. The molecule has 0 spiro atoms. The molecule has 0 saturated carbocycles. The van der Waals surface area contributed by atoms with E-state index in [4.69, 9.17) is 4.74 Å². The van der Waals surface area contributed by atoms with E-state index < -0.39 is 0 Å². The summed E-state index contributed by atoms with van der Waals surface area (Å²) >= 11 is 0. The lowest BCUT2D eigenvalue weighted by Gasteiger charge is -2.06. The fourth-order valence-corrected chi connectivity index (χ4v) is 5.50. The predicted octanol–water partition coefficient (Wildman–Crippen LogP) is 12.9. The molecule has 0 aliphatic heterocycles. The zero-order valence-corrected chi connectivity index (χ0v) is 26.8. The van der Waals surface area contributed by atoms with Crippen LogP contribution in [0.2, 0.25) is 0 Å². The van der Waals surface area contributed by atoms with Crippen LogP contribution in [0.1, 0.15) is 213 Å². The number of hydrogen-bond donors (Lipinski definition) is 0. The van der Waals surface area contributed by atoms with Crippen molar-refractivity contribution in [3.8, 4) is 0 Å². The van der Waals surface area contributed by atoms with E-state index in [0.29, 0.717) is 13.0 Å². The van der Waals surface area contributed by atoms with Gasteiger partial charge in [0, 0.05) is 6.42 Å². The highest BCUT2D eigenvalue weighted by atomic mass is 16.5. The molecule has 0 atom stereocenters. The number of ether oxygens (including phenoxy) is 1. The van der Waals surface area contributed by atoms with Crippen molar-refractivity contribution in [2.75, 3.05) is 6.61 Å². The van der Waals surface area contributed by atoms with Crippen molar-refractivity contribution < 1.29 is 9.53 Å². The van der Waals surface area contributed by atoms with Crippen LogP contribution in [0.15, 0.2) is 0 Å². The van der Waals surface area contributed by atoms with Crippen LogP contribution in [0.25, 0.3) is 0 Å². The number of esters is 1. The minimum Gasteiger partial charge on any atom is -0.466 e. The van der Waals surface area contributed by atoms with Crippen molar-refractivity contribution in [2.45, 2.75) is 213 Å². The molecular weight excluding hydrogens is 464 g/mol. The molecule has 0 aliphatic rings. The first-order valence-electron chi connectivity index (χ1n) is 17.8. The lowest BCUT2D eigenvalue weighted by atomic mass is 10.0. The summed E-state index contributed by atoms with van der Waals surface area (Å²) in [5, 5.41) is 0. The second-order valence-corrected chi connectivity index (χ2v) is 12.7. The lowest BCUT2D eigenvalue weighted by molar-refractivity contribution is -0.143. The number of carbonyl (C=O) groups excluding carboxylic acids is 1. The van der Waals surface area contributed by atoms with Crippen LogP contribution >= 0.6 is 0 Å². The highest BCUT2D eigenvalue weighted by molar-refractivity contribution is 5.69. The normalized spacial score (nSPS) is 11.5. The summed E-state index contributed by atoms with van der Waals surface area (Å²) in [4.78, 5) is 11.9. The molecule has 2 nitrogen and oxygen atoms in total. The molecule has 0 aromatic carbocycles. The molecule has 0 N–H and O–H groups in total. The Kier molecular flexibility index (Phi) is 32.2. The Balaban J connectivity index is 3.14. The average molecular weight is 537 g/mol. The summed E-state index contributed by atoms with van der Waals surface area (Å²) in [6.45, 7) is 7.59. The Morgan fingerprint density at radius 1 is 0.447 bits per heavy atom. The smallest absolute Gasteiger partial charge is 0.305 e. The molecule has 2 heteroatoms. The summed E-state index contributed by atoms with van der Waals surface area (Å²) < 4.78 is 5.44. The molecule has 0 saturated heterocycles. The lowest BCUT2D eigenvalue weighted by Crippen LogP contribution is -2.05. The van der Waals surface area contributed by atoms with Gasteiger partial charge in [-0.25, -0.2) is 0 Å². The van der Waals surface area contributed by atoms with Crippen molar-refractivity contribution in [3.63, 3.8) is 0 Å². The van der Waals surface area contributed by atoms with E-state index in [2.05, 4.69) is 20.8 Å². The summed E-state index contributed by atoms with van der Waals surface area (Å²) in [6.07, 6.45) is 40.2. The molecule has 0 unspecified atom stereocenters. The molecule has 0 amide bonds. The van der Waals surface area contributed by atoms with Crippen LogP contribution < -0.4 is 0 Å². The summed E-state index contributed by atoms with van der Waals surface area (Å²) in [5.41, 5.74) is 0. The highest BCUT2D eigenvalue weighted by Crippen LogP contribution is 2.16. The van der Waals surface area contributed by atoms with Crippen LogP contribution in [0.4, 0.5) is 0 Å². The van der Waals surface area contributed by atoms with Crippen molar-refractivity contribution in [1.82, 2.24) is 0 Å². The highest BCUT2D eigenvalue weighted by Gasteiger charge is 2.03. The molecule has 0 aliphatic carbocycles. The summed E-state index contributed by atoms with van der Waals surface area (Å²) in [7, 11) is 0. The van der Waals surface area contributed by atoms with E-state index in [9.17, 15) is 4.79 Å². The monoisotopic (exact) mass is 537 g/mol. The van der Waals surface area contributed by atoms with E-state index in [-0.39, 0.29) is 5.97 Å². The molecule has 0 bridgehead atoms. The maximum Gasteiger partial charge on any atom is 0.305 e. The van der Waals surface area contributed by atoms with Gasteiger partial charge in [-0.15, -0.1) is 0 Å². The van der Waals surface area contributed by atoms with Crippen molar-refractivity contribution in [2.24, 2.45) is 5.92 Å². The summed E-state index contributed by atoms with van der Waals surface area (Å²) in [6, 6.07) is 0. The van der Waals surface area contributed by atoms with E-state index in [1.807, 2.05) is 0 Å². The first-order valence-corrected chi connectivity index (χ1v) is 17.8. The third kappa shape index (κ3) is 33.5. The van der Waals surface area contributed by atoms with Crippen molar-refractivity contribution in [1.29, 1.82) is 0 Å². The Hall–Kier alpha value is -0.530. The van der Waals surface area contributed by atoms with Gasteiger partial charge < -0.3 is 4.74 Å². The zero-order chi connectivity index (χ0) is 27.8. The Morgan fingerprint density at radius 3 is 1.13 bits per heavy atom. The van der Waals surface area contributed by atoms with Gasteiger partial charge in [0.1, 0.15) is 0 Å². The van der Waals surface area contributed by atoms with Crippen molar-refractivity contribution in [3.05, 3.63) is 0 Å². The van der Waals surface area contributed by atoms with Crippen LogP contribution in [0, 0.1) is 5.92 Å². The van der Waals surface area contributed by atoms with Crippen LogP contribution in [-0.4, -0.2) is 12.6 Å². The van der Waals surface area contributed by atoms with Gasteiger partial charge in [-0.05, 0) is 18.8 Å². The van der Waals surface area contributed by atoms with E-state index in [1.165, 1.54) is 173 Å².